The zero-order chi connectivity index (χ0) is 12.8. The molecule has 0 saturated heterocycles. The van der Waals surface area contributed by atoms with Crippen LogP contribution in [0.5, 0.6) is 11.5 Å². The SMILES string of the molecule is COC(=O)CNC(C)Cc1ccc(O)c(O)c1. The van der Waals surface area contributed by atoms with Gasteiger partial charge in [-0.3, -0.25) is 4.79 Å². The lowest BCUT2D eigenvalue weighted by atomic mass is 10.1. The molecule has 1 unspecified atom stereocenters. The van der Waals surface area contributed by atoms with Crippen molar-refractivity contribution in [3.63, 3.8) is 0 Å². The fourth-order valence-electron chi connectivity index (χ4n) is 1.45. The molecule has 0 heterocycles. The first-order valence-electron chi connectivity index (χ1n) is 5.34. The lowest BCUT2D eigenvalue weighted by molar-refractivity contribution is -0.139. The quantitative estimate of drug-likeness (QED) is 0.523. The fourth-order valence-corrected chi connectivity index (χ4v) is 1.45. The van der Waals surface area contributed by atoms with Crippen molar-refractivity contribution in [3.8, 4) is 11.5 Å². The summed E-state index contributed by atoms with van der Waals surface area (Å²) in [6.45, 7) is 2.08. The van der Waals surface area contributed by atoms with Crippen molar-refractivity contribution < 1.29 is 19.7 Å². The molecule has 1 rings (SSSR count). The van der Waals surface area contributed by atoms with E-state index in [2.05, 4.69) is 10.1 Å². The summed E-state index contributed by atoms with van der Waals surface area (Å²) in [5.41, 5.74) is 0.880. The summed E-state index contributed by atoms with van der Waals surface area (Å²) in [4.78, 5) is 10.9. The smallest absolute Gasteiger partial charge is 0.319 e. The van der Waals surface area contributed by atoms with Crippen LogP contribution in [0.25, 0.3) is 0 Å². The van der Waals surface area contributed by atoms with Crippen LogP contribution in [0.1, 0.15) is 12.5 Å². The van der Waals surface area contributed by atoms with Crippen LogP contribution >= 0.6 is 0 Å². The van der Waals surface area contributed by atoms with E-state index in [4.69, 9.17) is 5.11 Å². The number of ether oxygens (including phenoxy) is 1. The third-order valence-electron chi connectivity index (χ3n) is 2.40. The number of nitrogens with one attached hydrogen (secondary N) is 1. The van der Waals surface area contributed by atoms with Crippen molar-refractivity contribution in [2.75, 3.05) is 13.7 Å². The minimum absolute atomic E-state index is 0.0676. The van der Waals surface area contributed by atoms with Gasteiger partial charge in [0.15, 0.2) is 11.5 Å². The van der Waals surface area contributed by atoms with Crippen molar-refractivity contribution in [2.45, 2.75) is 19.4 Å². The predicted octanol–water partition coefficient (Wildman–Crippen LogP) is 0.791. The summed E-state index contributed by atoms with van der Waals surface area (Å²) in [5.74, 6) is -0.586. The van der Waals surface area contributed by atoms with E-state index in [9.17, 15) is 9.90 Å². The summed E-state index contributed by atoms with van der Waals surface area (Å²) >= 11 is 0. The van der Waals surface area contributed by atoms with Gasteiger partial charge in [0.1, 0.15) is 0 Å². The maximum atomic E-state index is 10.9. The normalized spacial score (nSPS) is 12.1. The van der Waals surface area contributed by atoms with E-state index in [1.807, 2.05) is 6.92 Å². The highest BCUT2D eigenvalue weighted by atomic mass is 16.5. The van der Waals surface area contributed by atoms with Crippen LogP contribution in [0.2, 0.25) is 0 Å². The number of hydrogen-bond acceptors (Lipinski definition) is 5. The second-order valence-electron chi connectivity index (χ2n) is 3.89. The Morgan fingerprint density at radius 1 is 1.41 bits per heavy atom. The van der Waals surface area contributed by atoms with Crippen LogP contribution < -0.4 is 5.32 Å². The Balaban J connectivity index is 2.47. The van der Waals surface area contributed by atoms with Gasteiger partial charge in [0.05, 0.1) is 13.7 Å². The Bertz CT molecular complexity index is 392. The van der Waals surface area contributed by atoms with Gasteiger partial charge >= 0.3 is 5.97 Å². The largest absolute Gasteiger partial charge is 0.504 e. The second-order valence-corrected chi connectivity index (χ2v) is 3.89. The molecule has 0 aromatic heterocycles. The number of benzene rings is 1. The zero-order valence-corrected chi connectivity index (χ0v) is 9.93. The number of carbonyl (C=O) groups excluding carboxylic acids is 1. The van der Waals surface area contributed by atoms with E-state index in [1.165, 1.54) is 19.2 Å². The van der Waals surface area contributed by atoms with Gasteiger partial charge < -0.3 is 20.3 Å². The van der Waals surface area contributed by atoms with Crippen molar-refractivity contribution in [3.05, 3.63) is 23.8 Å². The van der Waals surface area contributed by atoms with Crippen LogP contribution in [-0.2, 0) is 16.0 Å². The number of rotatable bonds is 5. The van der Waals surface area contributed by atoms with Crippen LogP contribution in [0.15, 0.2) is 18.2 Å². The van der Waals surface area contributed by atoms with Crippen molar-refractivity contribution in [1.29, 1.82) is 0 Å². The number of phenols is 2. The Hall–Kier alpha value is -1.75. The molecule has 0 radical (unpaired) electrons. The van der Waals surface area contributed by atoms with E-state index < -0.39 is 0 Å². The first kappa shape index (κ1) is 13.3. The molecule has 1 atom stereocenters. The molecule has 0 spiro atoms. The summed E-state index contributed by atoms with van der Waals surface area (Å²) in [6.07, 6.45) is 0.644. The van der Waals surface area contributed by atoms with Crippen molar-refractivity contribution >= 4 is 5.97 Å². The first-order chi connectivity index (χ1) is 8.02. The highest BCUT2D eigenvalue weighted by Crippen LogP contribution is 2.25. The average molecular weight is 239 g/mol. The van der Waals surface area contributed by atoms with Crippen LogP contribution in [0.4, 0.5) is 0 Å². The molecule has 5 heteroatoms. The van der Waals surface area contributed by atoms with E-state index >= 15 is 0 Å². The third-order valence-corrected chi connectivity index (χ3v) is 2.40. The van der Waals surface area contributed by atoms with Crippen molar-refractivity contribution in [1.82, 2.24) is 5.32 Å². The standard InChI is InChI=1S/C12H17NO4/c1-8(13-7-12(16)17-2)5-9-3-4-10(14)11(15)6-9/h3-4,6,8,13-15H,5,7H2,1-2H3. The van der Waals surface area contributed by atoms with Crippen LogP contribution in [0, 0.1) is 0 Å². The number of esters is 1. The lowest BCUT2D eigenvalue weighted by Gasteiger charge is -2.13. The molecular formula is C12H17NO4. The predicted molar refractivity (Wildman–Crippen MR) is 63.0 cm³/mol. The summed E-state index contributed by atoms with van der Waals surface area (Å²) in [6, 6.07) is 4.74. The minimum atomic E-state index is -0.314. The molecule has 0 amide bonds. The summed E-state index contributed by atoms with van der Waals surface area (Å²) < 4.78 is 4.51. The molecule has 0 aliphatic heterocycles. The third kappa shape index (κ3) is 4.32. The van der Waals surface area contributed by atoms with Crippen molar-refractivity contribution in [2.24, 2.45) is 0 Å². The minimum Gasteiger partial charge on any atom is -0.504 e. The summed E-state index contributed by atoms with van der Waals surface area (Å²) in [7, 11) is 1.34. The molecule has 0 saturated carbocycles. The van der Waals surface area contributed by atoms with Gasteiger partial charge in [-0.1, -0.05) is 6.07 Å². The van der Waals surface area contributed by atoms with Gasteiger partial charge in [0, 0.05) is 6.04 Å². The van der Waals surface area contributed by atoms with E-state index in [0.29, 0.717) is 6.42 Å². The Kier molecular flexibility index (Phi) is 4.78. The molecule has 0 aliphatic rings. The number of methoxy groups -OCH3 is 1. The molecule has 94 valence electrons. The highest BCUT2D eigenvalue weighted by Gasteiger charge is 2.08. The number of carbonyl (C=O) groups is 1. The molecular weight excluding hydrogens is 222 g/mol. The molecule has 5 nitrogen and oxygen atoms in total. The maximum Gasteiger partial charge on any atom is 0.319 e. The van der Waals surface area contributed by atoms with Crippen LogP contribution in [-0.4, -0.2) is 35.9 Å². The molecule has 0 fully saturated rings. The topological polar surface area (TPSA) is 78.8 Å². The fraction of sp³-hybridized carbons (Fsp3) is 0.417. The number of aromatic hydroxyl groups is 2. The first-order valence-corrected chi connectivity index (χ1v) is 5.34. The Morgan fingerprint density at radius 3 is 2.71 bits per heavy atom. The van der Waals surface area contributed by atoms with Gasteiger partial charge in [-0.2, -0.15) is 0 Å². The van der Waals surface area contributed by atoms with Crippen LogP contribution in [0.3, 0.4) is 0 Å². The molecule has 0 bridgehead atoms. The highest BCUT2D eigenvalue weighted by molar-refractivity contribution is 5.71. The van der Waals surface area contributed by atoms with Gasteiger partial charge in [-0.05, 0) is 31.0 Å². The molecule has 17 heavy (non-hydrogen) atoms. The van der Waals surface area contributed by atoms with E-state index in [1.54, 1.807) is 6.07 Å². The van der Waals surface area contributed by atoms with Gasteiger partial charge in [0.2, 0.25) is 0 Å². The lowest BCUT2D eigenvalue weighted by Crippen LogP contribution is -2.33. The molecule has 0 aliphatic carbocycles. The van der Waals surface area contributed by atoms with Gasteiger partial charge in [-0.25, -0.2) is 0 Å². The van der Waals surface area contributed by atoms with E-state index in [0.717, 1.165) is 5.56 Å². The van der Waals surface area contributed by atoms with Gasteiger partial charge in [-0.15, -0.1) is 0 Å². The molecule has 1 aromatic rings. The monoisotopic (exact) mass is 239 g/mol. The second kappa shape index (κ2) is 6.10. The van der Waals surface area contributed by atoms with Gasteiger partial charge in [0.25, 0.3) is 0 Å². The summed E-state index contributed by atoms with van der Waals surface area (Å²) in [5, 5.41) is 21.5. The average Bonchev–Trinajstić information content (AvgIpc) is 2.31. The Morgan fingerprint density at radius 2 is 2.12 bits per heavy atom. The Labute approximate surface area is 100 Å². The zero-order valence-electron chi connectivity index (χ0n) is 9.93. The molecule has 1 aromatic carbocycles. The number of hydrogen-bond donors (Lipinski definition) is 3. The molecule has 3 N–H and O–H groups in total. The maximum absolute atomic E-state index is 10.9. The number of phenolic OH excluding ortho intramolecular Hbond substituents is 2. The van der Waals surface area contributed by atoms with E-state index in [-0.39, 0.29) is 30.1 Å².